The number of nitrogens with zero attached hydrogens (tertiary/aromatic N) is 3. The van der Waals surface area contributed by atoms with E-state index in [9.17, 15) is 13.2 Å². The minimum absolute atomic E-state index is 0.0174. The van der Waals surface area contributed by atoms with Crippen LogP contribution in [0, 0.1) is 0 Å². The van der Waals surface area contributed by atoms with Gasteiger partial charge in [0.15, 0.2) is 11.5 Å². The Labute approximate surface area is 190 Å². The van der Waals surface area contributed by atoms with E-state index in [4.69, 9.17) is 21.1 Å². The van der Waals surface area contributed by atoms with Gasteiger partial charge >= 0.3 is 0 Å². The van der Waals surface area contributed by atoms with E-state index in [1.54, 1.807) is 11.0 Å². The topological polar surface area (TPSA) is 79.4 Å². The summed E-state index contributed by atoms with van der Waals surface area (Å²) in [7, 11) is -1.68. The van der Waals surface area contributed by atoms with Crippen LogP contribution in [0.15, 0.2) is 34.5 Å². The maximum Gasteiger partial charge on any atom is 0.252 e. The van der Waals surface area contributed by atoms with E-state index in [1.807, 2.05) is 30.1 Å². The van der Waals surface area contributed by atoms with Gasteiger partial charge in [-0.15, -0.1) is 11.3 Å². The molecule has 0 bridgehead atoms. The zero-order valence-electron chi connectivity index (χ0n) is 17.1. The molecule has 1 fully saturated rings. The van der Waals surface area contributed by atoms with Crippen molar-refractivity contribution in [1.29, 1.82) is 0 Å². The minimum atomic E-state index is -3.56. The van der Waals surface area contributed by atoms with Gasteiger partial charge in [0.25, 0.3) is 10.0 Å². The van der Waals surface area contributed by atoms with Crippen LogP contribution in [0.25, 0.3) is 0 Å². The summed E-state index contributed by atoms with van der Waals surface area (Å²) in [5.74, 6) is 1.45. The van der Waals surface area contributed by atoms with Gasteiger partial charge in [0.1, 0.15) is 17.4 Å². The van der Waals surface area contributed by atoms with E-state index in [0.29, 0.717) is 37.2 Å². The third-order valence-corrected chi connectivity index (χ3v) is 8.80. The summed E-state index contributed by atoms with van der Waals surface area (Å²) in [5, 5.41) is 0. The smallest absolute Gasteiger partial charge is 0.252 e. The molecule has 4 rings (SSSR count). The summed E-state index contributed by atoms with van der Waals surface area (Å²) >= 11 is 6.92. The van der Waals surface area contributed by atoms with Gasteiger partial charge in [-0.05, 0) is 36.9 Å². The number of carbonyl (C=O) groups is 1. The molecule has 1 aromatic carbocycles. The fourth-order valence-electron chi connectivity index (χ4n) is 3.63. The summed E-state index contributed by atoms with van der Waals surface area (Å²) in [4.78, 5) is 16.4. The second kappa shape index (κ2) is 9.33. The first-order valence-corrected chi connectivity index (χ1v) is 12.6. The lowest BCUT2D eigenvalue weighted by molar-refractivity contribution is -0.133. The molecule has 31 heavy (non-hydrogen) atoms. The summed E-state index contributed by atoms with van der Waals surface area (Å²) in [5.41, 5.74) is 1.03. The molecule has 1 amide bonds. The molecule has 3 heterocycles. The van der Waals surface area contributed by atoms with Crippen LogP contribution in [0.2, 0.25) is 4.34 Å². The Balaban J connectivity index is 1.29. The summed E-state index contributed by atoms with van der Waals surface area (Å²) in [6.07, 6.45) is 0. The lowest BCUT2D eigenvalue weighted by Gasteiger charge is -2.34. The molecule has 0 aliphatic carbocycles. The monoisotopic (exact) mass is 485 g/mol. The number of piperazine rings is 1. The molecule has 168 valence electrons. The van der Waals surface area contributed by atoms with E-state index in [1.165, 1.54) is 10.4 Å². The van der Waals surface area contributed by atoms with Crippen LogP contribution in [0.1, 0.15) is 5.56 Å². The van der Waals surface area contributed by atoms with Gasteiger partial charge in [-0.25, -0.2) is 8.42 Å². The van der Waals surface area contributed by atoms with Crippen LogP contribution in [0.4, 0.5) is 0 Å². The van der Waals surface area contributed by atoms with Crippen molar-refractivity contribution in [3.63, 3.8) is 0 Å². The number of fused-ring (bicyclic) bond motifs is 1. The molecule has 8 nitrogen and oxygen atoms in total. The number of likely N-dealkylation sites (N-methyl/N-ethyl adjacent to an activating group) is 1. The second-order valence-electron chi connectivity index (χ2n) is 7.49. The maximum absolute atomic E-state index is 12.7. The lowest BCUT2D eigenvalue weighted by atomic mass is 10.2. The molecule has 0 spiro atoms. The summed E-state index contributed by atoms with van der Waals surface area (Å²) < 4.78 is 38.7. The van der Waals surface area contributed by atoms with E-state index in [-0.39, 0.29) is 29.8 Å². The van der Waals surface area contributed by atoms with E-state index < -0.39 is 10.0 Å². The fourth-order valence-corrected chi connectivity index (χ4v) is 6.69. The Morgan fingerprint density at radius 1 is 1.10 bits per heavy atom. The highest BCUT2D eigenvalue weighted by molar-refractivity contribution is 7.91. The van der Waals surface area contributed by atoms with Crippen LogP contribution in [-0.2, 0) is 21.4 Å². The van der Waals surface area contributed by atoms with Gasteiger partial charge < -0.3 is 14.4 Å². The Hall–Kier alpha value is -1.85. The van der Waals surface area contributed by atoms with Crippen LogP contribution in [0.3, 0.4) is 0 Å². The van der Waals surface area contributed by atoms with Crippen LogP contribution in [-0.4, -0.2) is 81.4 Å². The largest absolute Gasteiger partial charge is 0.486 e. The molecule has 1 saturated heterocycles. The highest BCUT2D eigenvalue weighted by atomic mass is 35.5. The number of ether oxygens (including phenoxy) is 2. The number of carbonyl (C=O) groups excluding carboxylic acids is 1. The Bertz CT molecular complexity index is 1050. The van der Waals surface area contributed by atoms with Crippen molar-refractivity contribution in [2.24, 2.45) is 0 Å². The number of sulfonamides is 1. The molecule has 1 aromatic heterocycles. The summed E-state index contributed by atoms with van der Waals surface area (Å²) in [6.45, 7) is 3.22. The van der Waals surface area contributed by atoms with Crippen molar-refractivity contribution in [3.05, 3.63) is 40.2 Å². The number of hydrogen-bond acceptors (Lipinski definition) is 7. The van der Waals surface area contributed by atoms with Crippen molar-refractivity contribution < 1.29 is 22.7 Å². The first kappa shape index (κ1) is 22.3. The van der Waals surface area contributed by atoms with Crippen molar-refractivity contribution >= 4 is 38.9 Å². The zero-order chi connectivity index (χ0) is 22.0. The maximum atomic E-state index is 12.7. The number of amides is 1. The van der Waals surface area contributed by atoms with E-state index >= 15 is 0 Å². The van der Waals surface area contributed by atoms with Gasteiger partial charge in [-0.2, -0.15) is 4.31 Å². The predicted molar refractivity (Wildman–Crippen MR) is 118 cm³/mol. The molecule has 0 unspecified atom stereocenters. The summed E-state index contributed by atoms with van der Waals surface area (Å²) in [6, 6.07) is 8.90. The molecule has 2 aromatic rings. The zero-order valence-corrected chi connectivity index (χ0v) is 19.5. The second-order valence-corrected chi connectivity index (χ2v) is 11.4. The predicted octanol–water partition coefficient (Wildman–Crippen LogP) is 2.14. The third-order valence-electron chi connectivity index (χ3n) is 5.20. The number of rotatable bonds is 6. The highest BCUT2D eigenvalue weighted by Crippen LogP contribution is 2.31. The molecule has 11 heteroatoms. The molecule has 0 saturated carbocycles. The van der Waals surface area contributed by atoms with Gasteiger partial charge in [-0.1, -0.05) is 17.7 Å². The number of hydrogen-bond donors (Lipinski definition) is 0. The Kier molecular flexibility index (Phi) is 6.73. The number of thiophene rings is 1. The van der Waals surface area contributed by atoms with Crippen molar-refractivity contribution in [2.75, 3.05) is 53.0 Å². The highest BCUT2D eigenvalue weighted by Gasteiger charge is 2.31. The first-order valence-electron chi connectivity index (χ1n) is 9.93. The third kappa shape index (κ3) is 5.15. The molecule has 0 N–H and O–H groups in total. The van der Waals surface area contributed by atoms with Crippen molar-refractivity contribution in [1.82, 2.24) is 14.1 Å². The Morgan fingerprint density at radius 3 is 2.48 bits per heavy atom. The minimum Gasteiger partial charge on any atom is -0.486 e. The van der Waals surface area contributed by atoms with Gasteiger partial charge in [0, 0.05) is 32.7 Å². The SMILES string of the molecule is CN(CC(=O)N1CCN(S(=O)(=O)c2ccc(Cl)s2)CC1)Cc1ccc2c(c1)OCCO2. The lowest BCUT2D eigenvalue weighted by Crippen LogP contribution is -2.52. The normalized spacial score (nSPS) is 17.2. The van der Waals surface area contributed by atoms with Gasteiger partial charge in [0.2, 0.25) is 5.91 Å². The molecule has 0 atom stereocenters. The molecule has 2 aliphatic heterocycles. The van der Waals surface area contributed by atoms with Crippen LogP contribution < -0.4 is 9.47 Å². The van der Waals surface area contributed by atoms with E-state index in [2.05, 4.69) is 0 Å². The molecule has 0 radical (unpaired) electrons. The average Bonchev–Trinajstić information content (AvgIpc) is 3.21. The standard InChI is InChI=1S/C20H24ClN3O5S2/c1-22(13-15-2-3-16-17(12-15)29-11-10-28-16)14-19(25)23-6-8-24(9-7-23)31(26,27)20-5-4-18(21)30-20/h2-5,12H,6-11,13-14H2,1H3. The first-order chi connectivity index (χ1) is 14.8. The average molecular weight is 486 g/mol. The molecule has 2 aliphatic rings. The number of benzene rings is 1. The van der Waals surface area contributed by atoms with Crippen molar-refractivity contribution in [3.8, 4) is 11.5 Å². The molecular weight excluding hydrogens is 462 g/mol. The van der Waals surface area contributed by atoms with E-state index in [0.717, 1.165) is 28.4 Å². The van der Waals surface area contributed by atoms with Gasteiger partial charge in [0.05, 0.1) is 10.9 Å². The van der Waals surface area contributed by atoms with Crippen LogP contribution in [0.5, 0.6) is 11.5 Å². The molecular formula is C20H24ClN3O5S2. The number of halogens is 1. The quantitative estimate of drug-likeness (QED) is 0.623. The Morgan fingerprint density at radius 2 is 1.81 bits per heavy atom. The fraction of sp³-hybridized carbons (Fsp3) is 0.450. The van der Waals surface area contributed by atoms with Crippen molar-refractivity contribution in [2.45, 2.75) is 10.8 Å². The van der Waals surface area contributed by atoms with Gasteiger partial charge in [-0.3, -0.25) is 9.69 Å². The van der Waals surface area contributed by atoms with Crippen LogP contribution >= 0.6 is 22.9 Å².